The lowest BCUT2D eigenvalue weighted by molar-refractivity contribution is -0.138. The van der Waals surface area contributed by atoms with Crippen molar-refractivity contribution in [2.45, 2.75) is 24.9 Å². The number of piperazine rings is 1. The van der Waals surface area contributed by atoms with Crippen molar-refractivity contribution in [2.75, 3.05) is 31.1 Å². The third kappa shape index (κ3) is 3.74. The fourth-order valence-electron chi connectivity index (χ4n) is 3.33. The second-order valence-corrected chi connectivity index (χ2v) is 6.91. The van der Waals surface area contributed by atoms with E-state index in [1.54, 1.807) is 0 Å². The normalized spacial score (nSPS) is 17.9. The number of carbonyl (C=O) groups excluding carboxylic acids is 1. The fourth-order valence-corrected chi connectivity index (χ4v) is 3.33. The topological polar surface area (TPSA) is 49.3 Å². The van der Waals surface area contributed by atoms with Crippen LogP contribution in [0.3, 0.4) is 0 Å². The summed E-state index contributed by atoms with van der Waals surface area (Å²) in [6, 6.07) is 8.84. The number of anilines is 1. The summed E-state index contributed by atoms with van der Waals surface area (Å²) >= 11 is 0. The minimum Gasteiger partial charge on any atom is -0.352 e. The van der Waals surface area contributed by atoms with Crippen molar-refractivity contribution in [3.8, 4) is 0 Å². The van der Waals surface area contributed by atoms with E-state index < -0.39 is 17.6 Å². The summed E-state index contributed by atoms with van der Waals surface area (Å²) in [6.45, 7) is 1.71. The van der Waals surface area contributed by atoms with Crippen molar-refractivity contribution in [2.24, 2.45) is 0 Å². The number of hydrogen-bond donors (Lipinski definition) is 0. The molecule has 1 amide bonds. The van der Waals surface area contributed by atoms with E-state index in [1.165, 1.54) is 23.1 Å². The third-order valence-electron chi connectivity index (χ3n) is 5.02. The molecule has 4 rings (SSSR count). The van der Waals surface area contributed by atoms with E-state index in [2.05, 4.69) is 10.2 Å². The highest BCUT2D eigenvalue weighted by molar-refractivity contribution is 5.96. The average molecular weight is 376 g/mol. The van der Waals surface area contributed by atoms with Crippen LogP contribution < -0.4 is 4.90 Å². The monoisotopic (exact) mass is 376 g/mol. The smallest absolute Gasteiger partial charge is 0.352 e. The van der Waals surface area contributed by atoms with Crippen molar-refractivity contribution in [1.29, 1.82) is 0 Å². The number of nitrogens with zero attached hydrogens (tertiary/aromatic N) is 4. The van der Waals surface area contributed by atoms with E-state index in [4.69, 9.17) is 0 Å². The minimum atomic E-state index is -4.55. The van der Waals surface area contributed by atoms with Gasteiger partial charge in [0.05, 0.1) is 16.8 Å². The van der Waals surface area contributed by atoms with Gasteiger partial charge < -0.3 is 9.80 Å². The number of rotatable bonds is 3. The molecule has 1 aromatic heterocycles. The zero-order valence-electron chi connectivity index (χ0n) is 14.6. The third-order valence-corrected chi connectivity index (χ3v) is 5.02. The molecule has 2 aliphatic rings. The number of carbonyl (C=O) groups is 1. The molecule has 1 aliphatic heterocycles. The summed E-state index contributed by atoms with van der Waals surface area (Å²) in [6.07, 6.45) is -2.23. The van der Waals surface area contributed by atoms with Gasteiger partial charge in [0.2, 0.25) is 0 Å². The lowest BCUT2D eigenvalue weighted by atomic mass is 10.1. The second kappa shape index (κ2) is 6.83. The average Bonchev–Trinajstić information content (AvgIpc) is 3.52. The van der Waals surface area contributed by atoms with E-state index in [0.717, 1.165) is 30.4 Å². The van der Waals surface area contributed by atoms with Gasteiger partial charge in [-0.1, -0.05) is 12.1 Å². The van der Waals surface area contributed by atoms with Crippen LogP contribution in [0.1, 0.15) is 40.4 Å². The van der Waals surface area contributed by atoms with E-state index in [-0.39, 0.29) is 5.56 Å². The van der Waals surface area contributed by atoms with E-state index in [1.807, 2.05) is 17.0 Å². The summed E-state index contributed by atoms with van der Waals surface area (Å²) in [5, 5.41) is 8.52. The predicted molar refractivity (Wildman–Crippen MR) is 93.6 cm³/mol. The molecule has 0 spiro atoms. The predicted octanol–water partition coefficient (Wildman–Crippen LogP) is 3.34. The van der Waals surface area contributed by atoms with Gasteiger partial charge in [0.15, 0.2) is 5.82 Å². The van der Waals surface area contributed by atoms with Crippen LogP contribution in [0, 0.1) is 0 Å². The molecule has 0 atom stereocenters. The van der Waals surface area contributed by atoms with Crippen molar-refractivity contribution < 1.29 is 18.0 Å². The molecule has 142 valence electrons. The van der Waals surface area contributed by atoms with Gasteiger partial charge in [-0.3, -0.25) is 4.79 Å². The second-order valence-electron chi connectivity index (χ2n) is 6.91. The van der Waals surface area contributed by atoms with E-state index in [9.17, 15) is 18.0 Å². The molecular weight excluding hydrogens is 357 g/mol. The standard InChI is InChI=1S/C19H19F3N4O/c20-19(21,22)15-4-2-1-3-14(15)18(27)26-11-9-25(10-12-26)17-8-7-16(23-24-17)13-5-6-13/h1-4,7-8,13H,5-6,9-12H2. The van der Waals surface area contributed by atoms with Crippen LogP contribution in [-0.4, -0.2) is 47.2 Å². The van der Waals surface area contributed by atoms with Crippen LogP contribution in [0.15, 0.2) is 36.4 Å². The van der Waals surface area contributed by atoms with Crippen molar-refractivity contribution >= 4 is 11.7 Å². The number of amides is 1. The van der Waals surface area contributed by atoms with Gasteiger partial charge >= 0.3 is 6.18 Å². The van der Waals surface area contributed by atoms with Gasteiger partial charge in [-0.25, -0.2) is 0 Å². The van der Waals surface area contributed by atoms with Crippen molar-refractivity contribution in [3.63, 3.8) is 0 Å². The van der Waals surface area contributed by atoms with E-state index >= 15 is 0 Å². The Morgan fingerprint density at radius 3 is 2.26 bits per heavy atom. The number of hydrogen-bond acceptors (Lipinski definition) is 4. The zero-order chi connectivity index (χ0) is 19.0. The van der Waals surface area contributed by atoms with Gasteiger partial charge in [0.25, 0.3) is 5.91 Å². The van der Waals surface area contributed by atoms with Gasteiger partial charge in [-0.15, -0.1) is 5.10 Å². The summed E-state index contributed by atoms with van der Waals surface area (Å²) in [5.74, 6) is 0.689. The molecule has 27 heavy (non-hydrogen) atoms. The molecule has 1 saturated carbocycles. The molecule has 8 heteroatoms. The quantitative estimate of drug-likeness (QED) is 0.825. The molecule has 1 saturated heterocycles. The molecule has 5 nitrogen and oxygen atoms in total. The Morgan fingerprint density at radius 1 is 0.963 bits per heavy atom. The van der Waals surface area contributed by atoms with Crippen LogP contribution >= 0.6 is 0 Å². The molecule has 0 bridgehead atoms. The lowest BCUT2D eigenvalue weighted by Gasteiger charge is -2.35. The van der Waals surface area contributed by atoms with Crippen molar-refractivity contribution in [1.82, 2.24) is 15.1 Å². The van der Waals surface area contributed by atoms with Crippen LogP contribution in [0.5, 0.6) is 0 Å². The first-order chi connectivity index (χ1) is 12.9. The molecular formula is C19H19F3N4O. The highest BCUT2D eigenvalue weighted by atomic mass is 19.4. The molecule has 0 unspecified atom stereocenters. The Hall–Kier alpha value is -2.64. The van der Waals surface area contributed by atoms with Crippen LogP contribution in [0.25, 0.3) is 0 Å². The van der Waals surface area contributed by atoms with Gasteiger partial charge in [0, 0.05) is 32.1 Å². The molecule has 2 fully saturated rings. The highest BCUT2D eigenvalue weighted by Gasteiger charge is 2.36. The Kier molecular flexibility index (Phi) is 4.49. The fraction of sp³-hybridized carbons (Fsp3) is 0.421. The molecule has 1 aliphatic carbocycles. The van der Waals surface area contributed by atoms with Crippen molar-refractivity contribution in [3.05, 3.63) is 53.2 Å². The summed E-state index contributed by atoms with van der Waals surface area (Å²) in [5.41, 5.74) is -0.178. The van der Waals surface area contributed by atoms with Crippen LogP contribution in [0.4, 0.5) is 19.0 Å². The Labute approximate surface area is 154 Å². The first-order valence-corrected chi connectivity index (χ1v) is 8.97. The maximum absolute atomic E-state index is 13.2. The first-order valence-electron chi connectivity index (χ1n) is 8.97. The highest BCUT2D eigenvalue weighted by Crippen LogP contribution is 2.38. The Balaban J connectivity index is 1.42. The molecule has 0 radical (unpaired) electrons. The van der Waals surface area contributed by atoms with E-state index in [0.29, 0.717) is 32.1 Å². The number of benzene rings is 1. The number of alkyl halides is 3. The summed E-state index contributed by atoms with van der Waals surface area (Å²) < 4.78 is 39.5. The number of aromatic nitrogens is 2. The lowest BCUT2D eigenvalue weighted by Crippen LogP contribution is -2.49. The zero-order valence-corrected chi connectivity index (χ0v) is 14.6. The molecule has 2 aromatic rings. The first kappa shape index (κ1) is 17.8. The summed E-state index contributed by atoms with van der Waals surface area (Å²) in [7, 11) is 0. The van der Waals surface area contributed by atoms with Gasteiger partial charge in [-0.05, 0) is 37.1 Å². The maximum Gasteiger partial charge on any atom is 0.417 e. The van der Waals surface area contributed by atoms with Crippen LogP contribution in [0.2, 0.25) is 0 Å². The molecule has 0 N–H and O–H groups in total. The Morgan fingerprint density at radius 2 is 1.67 bits per heavy atom. The Bertz CT molecular complexity index is 826. The minimum absolute atomic E-state index is 0.299. The largest absolute Gasteiger partial charge is 0.417 e. The van der Waals surface area contributed by atoms with Gasteiger partial charge in [-0.2, -0.15) is 18.3 Å². The molecule has 2 heterocycles. The maximum atomic E-state index is 13.2. The molecule has 1 aromatic carbocycles. The van der Waals surface area contributed by atoms with Gasteiger partial charge in [0.1, 0.15) is 0 Å². The van der Waals surface area contributed by atoms with Crippen LogP contribution in [-0.2, 0) is 6.18 Å². The number of halogens is 3. The SMILES string of the molecule is O=C(c1ccccc1C(F)(F)F)N1CCN(c2ccc(C3CC3)nn2)CC1. The summed E-state index contributed by atoms with van der Waals surface area (Å²) in [4.78, 5) is 16.1.